The number of carbonyl (C=O) groups is 2. The molecular weight excluding hydrogens is 258 g/mol. The molecule has 4 heteroatoms. The monoisotopic (exact) mass is 279 g/mol. The third kappa shape index (κ3) is 3.44. The van der Waals surface area contributed by atoms with E-state index in [-0.39, 0.29) is 11.7 Å². The van der Waals surface area contributed by atoms with Gasteiger partial charge in [-0.1, -0.05) is 19.9 Å². The zero-order valence-electron chi connectivity index (χ0n) is 11.6. The number of amides is 1. The molecule has 2 rings (SSSR count). The van der Waals surface area contributed by atoms with Gasteiger partial charge in [0.15, 0.2) is 5.78 Å². The smallest absolute Gasteiger partial charge is 0.223 e. The van der Waals surface area contributed by atoms with Gasteiger partial charge in [0.1, 0.15) is 0 Å². The van der Waals surface area contributed by atoms with Crippen molar-refractivity contribution in [1.29, 1.82) is 0 Å². The normalized spacial score (nSPS) is 19.1. The minimum absolute atomic E-state index is 0.0867. The van der Waals surface area contributed by atoms with Crippen molar-refractivity contribution >= 4 is 23.0 Å². The van der Waals surface area contributed by atoms with Crippen LogP contribution in [0.2, 0.25) is 0 Å². The lowest BCUT2D eigenvalue weighted by Gasteiger charge is -2.27. The molecule has 1 aromatic heterocycles. The average Bonchev–Trinajstić information content (AvgIpc) is 3.04. The quantitative estimate of drug-likeness (QED) is 0.775. The molecule has 19 heavy (non-hydrogen) atoms. The Hall–Kier alpha value is -1.16. The van der Waals surface area contributed by atoms with Gasteiger partial charge in [0.2, 0.25) is 5.91 Å². The number of carbonyl (C=O) groups excluding carboxylic acids is 2. The van der Waals surface area contributed by atoms with E-state index in [1.54, 1.807) is 0 Å². The van der Waals surface area contributed by atoms with Crippen LogP contribution in [0.25, 0.3) is 0 Å². The first kappa shape index (κ1) is 14.3. The van der Waals surface area contributed by atoms with E-state index in [2.05, 4.69) is 13.8 Å². The van der Waals surface area contributed by atoms with Crippen molar-refractivity contribution in [3.63, 3.8) is 0 Å². The van der Waals surface area contributed by atoms with Gasteiger partial charge in [-0.15, -0.1) is 11.3 Å². The van der Waals surface area contributed by atoms with Crippen LogP contribution in [-0.4, -0.2) is 29.2 Å². The number of ketones is 1. The van der Waals surface area contributed by atoms with Crippen molar-refractivity contribution in [3.05, 3.63) is 22.4 Å². The maximum absolute atomic E-state index is 12.2. The summed E-state index contributed by atoms with van der Waals surface area (Å²) in [6, 6.07) is 4.06. The van der Waals surface area contributed by atoms with Gasteiger partial charge in [-0.25, -0.2) is 0 Å². The van der Waals surface area contributed by atoms with Crippen LogP contribution in [0.4, 0.5) is 0 Å². The zero-order chi connectivity index (χ0) is 13.8. The fourth-order valence-corrected chi connectivity index (χ4v) is 3.41. The SMILES string of the molecule is CC(C)C1CCCN1C(=O)CCC(=O)c1cccs1. The number of thiophene rings is 1. The van der Waals surface area contributed by atoms with Crippen LogP contribution in [0.5, 0.6) is 0 Å². The Balaban J connectivity index is 1.86. The molecule has 0 aliphatic carbocycles. The van der Waals surface area contributed by atoms with Gasteiger partial charge in [-0.2, -0.15) is 0 Å². The molecule has 0 saturated carbocycles. The lowest BCUT2D eigenvalue weighted by molar-refractivity contribution is -0.132. The van der Waals surface area contributed by atoms with Gasteiger partial charge in [0, 0.05) is 25.4 Å². The summed E-state index contributed by atoms with van der Waals surface area (Å²) in [7, 11) is 0. The van der Waals surface area contributed by atoms with Crippen LogP contribution in [0.15, 0.2) is 17.5 Å². The largest absolute Gasteiger partial charge is 0.339 e. The standard InChI is InChI=1S/C15H21NO2S/c1-11(2)12-5-3-9-16(12)15(18)8-7-13(17)14-6-4-10-19-14/h4,6,10-12H,3,5,7-9H2,1-2H3. The van der Waals surface area contributed by atoms with E-state index in [1.807, 2.05) is 22.4 Å². The highest BCUT2D eigenvalue weighted by molar-refractivity contribution is 7.12. The Labute approximate surface area is 118 Å². The zero-order valence-corrected chi connectivity index (χ0v) is 12.4. The number of Topliss-reactive ketones (excluding diaryl/α,β-unsaturated/α-hetero) is 1. The molecule has 1 saturated heterocycles. The van der Waals surface area contributed by atoms with Crippen LogP contribution in [0.3, 0.4) is 0 Å². The number of nitrogens with zero attached hydrogens (tertiary/aromatic N) is 1. The highest BCUT2D eigenvalue weighted by Crippen LogP contribution is 2.25. The predicted octanol–water partition coefficient (Wildman–Crippen LogP) is 3.36. The third-order valence-corrected chi connectivity index (χ3v) is 4.66. The number of rotatable bonds is 5. The molecule has 1 atom stereocenters. The first-order valence-corrected chi connectivity index (χ1v) is 7.83. The maximum Gasteiger partial charge on any atom is 0.223 e. The molecule has 0 N–H and O–H groups in total. The van der Waals surface area contributed by atoms with E-state index >= 15 is 0 Å². The van der Waals surface area contributed by atoms with Crippen molar-refractivity contribution < 1.29 is 9.59 Å². The van der Waals surface area contributed by atoms with Gasteiger partial charge in [0.25, 0.3) is 0 Å². The summed E-state index contributed by atoms with van der Waals surface area (Å²) >= 11 is 1.45. The summed E-state index contributed by atoms with van der Waals surface area (Å²) in [5.41, 5.74) is 0. The van der Waals surface area contributed by atoms with Gasteiger partial charge in [0.05, 0.1) is 4.88 Å². The highest BCUT2D eigenvalue weighted by Gasteiger charge is 2.30. The van der Waals surface area contributed by atoms with E-state index in [0.717, 1.165) is 24.3 Å². The number of likely N-dealkylation sites (tertiary alicyclic amines) is 1. The summed E-state index contributed by atoms with van der Waals surface area (Å²) in [5, 5.41) is 1.89. The summed E-state index contributed by atoms with van der Waals surface area (Å²) in [4.78, 5) is 26.8. The highest BCUT2D eigenvalue weighted by atomic mass is 32.1. The molecule has 104 valence electrons. The molecular formula is C15H21NO2S. The Bertz CT molecular complexity index is 439. The van der Waals surface area contributed by atoms with Crippen LogP contribution in [0.1, 0.15) is 49.2 Å². The second kappa shape index (κ2) is 6.33. The van der Waals surface area contributed by atoms with Crippen molar-refractivity contribution in [1.82, 2.24) is 4.90 Å². The van der Waals surface area contributed by atoms with Crippen LogP contribution in [0, 0.1) is 5.92 Å². The first-order valence-electron chi connectivity index (χ1n) is 6.95. The molecule has 1 unspecified atom stereocenters. The molecule has 0 radical (unpaired) electrons. The second-order valence-corrected chi connectivity index (χ2v) is 6.39. The molecule has 1 aliphatic rings. The van der Waals surface area contributed by atoms with Crippen molar-refractivity contribution in [2.24, 2.45) is 5.92 Å². The molecule has 2 heterocycles. The Morgan fingerprint density at radius 1 is 1.42 bits per heavy atom. The topological polar surface area (TPSA) is 37.4 Å². The lowest BCUT2D eigenvalue weighted by Crippen LogP contribution is -2.38. The lowest BCUT2D eigenvalue weighted by atomic mass is 10.0. The van der Waals surface area contributed by atoms with Gasteiger partial charge >= 0.3 is 0 Å². The molecule has 1 amide bonds. The third-order valence-electron chi connectivity index (χ3n) is 3.75. The first-order chi connectivity index (χ1) is 9.09. The summed E-state index contributed by atoms with van der Waals surface area (Å²) in [5.74, 6) is 0.726. The fourth-order valence-electron chi connectivity index (χ4n) is 2.72. The fraction of sp³-hybridized carbons (Fsp3) is 0.600. The molecule has 1 fully saturated rings. The van der Waals surface area contributed by atoms with Gasteiger partial charge in [-0.05, 0) is 30.2 Å². The van der Waals surface area contributed by atoms with Gasteiger partial charge in [-0.3, -0.25) is 9.59 Å². The average molecular weight is 279 g/mol. The van der Waals surface area contributed by atoms with Crippen LogP contribution < -0.4 is 0 Å². The van der Waals surface area contributed by atoms with Gasteiger partial charge < -0.3 is 4.90 Å². The van der Waals surface area contributed by atoms with E-state index in [1.165, 1.54) is 11.3 Å². The maximum atomic E-state index is 12.2. The predicted molar refractivity (Wildman–Crippen MR) is 77.5 cm³/mol. The minimum atomic E-state index is 0.0867. The summed E-state index contributed by atoms with van der Waals surface area (Å²) in [6.07, 6.45) is 2.87. The van der Waals surface area contributed by atoms with Crippen LogP contribution in [-0.2, 0) is 4.79 Å². The van der Waals surface area contributed by atoms with Crippen molar-refractivity contribution in [3.8, 4) is 0 Å². The molecule has 1 aliphatic heterocycles. The molecule has 0 spiro atoms. The van der Waals surface area contributed by atoms with E-state index < -0.39 is 0 Å². The van der Waals surface area contributed by atoms with E-state index in [0.29, 0.717) is 24.8 Å². The molecule has 3 nitrogen and oxygen atoms in total. The van der Waals surface area contributed by atoms with E-state index in [9.17, 15) is 9.59 Å². The summed E-state index contributed by atoms with van der Waals surface area (Å²) in [6.45, 7) is 5.18. The number of hydrogen-bond acceptors (Lipinski definition) is 3. The van der Waals surface area contributed by atoms with Crippen LogP contribution >= 0.6 is 11.3 Å². The molecule has 0 aromatic carbocycles. The second-order valence-electron chi connectivity index (χ2n) is 5.44. The minimum Gasteiger partial charge on any atom is -0.339 e. The molecule has 1 aromatic rings. The van der Waals surface area contributed by atoms with Crippen molar-refractivity contribution in [2.45, 2.75) is 45.6 Å². The Kier molecular flexibility index (Phi) is 4.75. The van der Waals surface area contributed by atoms with Crippen molar-refractivity contribution in [2.75, 3.05) is 6.54 Å². The number of hydrogen-bond donors (Lipinski definition) is 0. The van der Waals surface area contributed by atoms with E-state index in [4.69, 9.17) is 0 Å². The Morgan fingerprint density at radius 2 is 2.21 bits per heavy atom. The molecule has 0 bridgehead atoms. The Morgan fingerprint density at radius 3 is 2.84 bits per heavy atom. The summed E-state index contributed by atoms with van der Waals surface area (Å²) < 4.78 is 0.